The molecule has 0 aliphatic rings. The highest BCUT2D eigenvalue weighted by Crippen LogP contribution is 2.32. The van der Waals surface area contributed by atoms with Crippen molar-refractivity contribution in [1.29, 1.82) is 0 Å². The van der Waals surface area contributed by atoms with E-state index >= 15 is 0 Å². The lowest BCUT2D eigenvalue weighted by atomic mass is 10.1. The van der Waals surface area contributed by atoms with E-state index in [1.54, 1.807) is 0 Å². The van der Waals surface area contributed by atoms with Crippen LogP contribution in [0.1, 0.15) is 15.9 Å². The highest BCUT2D eigenvalue weighted by Gasteiger charge is 2.35. The Labute approximate surface area is 119 Å². The highest BCUT2D eigenvalue weighted by atomic mass is 32.1. The van der Waals surface area contributed by atoms with Gasteiger partial charge in [-0.2, -0.15) is 13.2 Å². The number of amides is 1. The molecule has 0 unspecified atom stereocenters. The van der Waals surface area contributed by atoms with Crippen molar-refractivity contribution in [3.63, 3.8) is 0 Å². The summed E-state index contributed by atoms with van der Waals surface area (Å²) in [7, 11) is 0. The normalized spacial score (nSPS) is 11.2. The Balaban J connectivity index is 2.26. The number of thiazole rings is 1. The molecule has 0 fully saturated rings. The van der Waals surface area contributed by atoms with Crippen molar-refractivity contribution in [1.82, 2.24) is 4.98 Å². The van der Waals surface area contributed by atoms with Crippen molar-refractivity contribution in [2.45, 2.75) is 6.18 Å². The third kappa shape index (κ3) is 3.34. The Morgan fingerprint density at radius 3 is 2.57 bits per heavy atom. The molecule has 1 aromatic heterocycles. The van der Waals surface area contributed by atoms with Crippen molar-refractivity contribution in [2.24, 2.45) is 0 Å². The summed E-state index contributed by atoms with van der Waals surface area (Å²) in [5.41, 5.74) is -1.67. The van der Waals surface area contributed by atoms with Gasteiger partial charge in [-0.1, -0.05) is 12.1 Å². The fourth-order valence-corrected chi connectivity index (χ4v) is 2.13. The molecule has 0 aliphatic heterocycles. The molecule has 0 aliphatic carbocycles. The number of halogens is 3. The minimum absolute atomic E-state index is 0.149. The maximum atomic E-state index is 12.8. The number of hydrogen-bond donors (Lipinski definition) is 1. The molecule has 6 nitrogen and oxygen atoms in total. The molecule has 1 amide bonds. The van der Waals surface area contributed by atoms with Crippen LogP contribution in [0.5, 0.6) is 0 Å². The molecule has 21 heavy (non-hydrogen) atoms. The van der Waals surface area contributed by atoms with Crippen molar-refractivity contribution in [3.05, 3.63) is 51.7 Å². The Kier molecular flexibility index (Phi) is 3.89. The number of rotatable bonds is 3. The molecule has 0 saturated carbocycles. The van der Waals surface area contributed by atoms with E-state index < -0.39 is 28.1 Å². The summed E-state index contributed by atoms with van der Waals surface area (Å²) in [6, 6.07) is 4.24. The Hall–Kier alpha value is -2.49. The number of nitrogens with one attached hydrogen (secondary N) is 1. The molecule has 1 aromatic carbocycles. The number of carbonyl (C=O) groups is 1. The first-order valence-electron chi connectivity index (χ1n) is 5.37. The van der Waals surface area contributed by atoms with Gasteiger partial charge in [0.15, 0.2) is 5.13 Å². The van der Waals surface area contributed by atoms with E-state index in [1.807, 2.05) is 0 Å². The standard InChI is InChI=1S/C11H6F3N3O3S/c12-11(13,14)7-4-2-1-3-6(7)9(18)16-10-15-5-8(21-10)17(19)20/h1-5H,(H,15,16,18). The maximum Gasteiger partial charge on any atom is 0.417 e. The zero-order valence-corrected chi connectivity index (χ0v) is 10.9. The van der Waals surface area contributed by atoms with Crippen molar-refractivity contribution in [3.8, 4) is 0 Å². The third-order valence-electron chi connectivity index (χ3n) is 2.37. The average molecular weight is 317 g/mol. The molecule has 2 rings (SSSR count). The fourth-order valence-electron chi connectivity index (χ4n) is 1.50. The number of nitro groups is 1. The lowest BCUT2D eigenvalue weighted by Crippen LogP contribution is -2.18. The second-order valence-electron chi connectivity index (χ2n) is 3.76. The zero-order valence-electron chi connectivity index (χ0n) is 10.0. The van der Waals surface area contributed by atoms with E-state index in [4.69, 9.17) is 0 Å². The van der Waals surface area contributed by atoms with Crippen molar-refractivity contribution in [2.75, 3.05) is 5.32 Å². The molecule has 0 bridgehead atoms. The second-order valence-corrected chi connectivity index (χ2v) is 4.77. The van der Waals surface area contributed by atoms with Crippen LogP contribution >= 0.6 is 11.3 Å². The van der Waals surface area contributed by atoms with Crippen LogP contribution in [0.3, 0.4) is 0 Å². The molecular formula is C11H6F3N3O3S. The molecule has 0 atom stereocenters. The molecule has 110 valence electrons. The minimum Gasteiger partial charge on any atom is -0.298 e. The van der Waals surface area contributed by atoms with E-state index in [-0.39, 0.29) is 10.1 Å². The molecule has 10 heteroatoms. The van der Waals surface area contributed by atoms with Crippen LogP contribution in [0.2, 0.25) is 0 Å². The molecule has 1 heterocycles. The molecule has 0 radical (unpaired) electrons. The summed E-state index contributed by atoms with van der Waals surface area (Å²) in [4.78, 5) is 25.2. The summed E-state index contributed by atoms with van der Waals surface area (Å²) in [5.74, 6) is -1.04. The summed E-state index contributed by atoms with van der Waals surface area (Å²) >= 11 is 0.554. The van der Waals surface area contributed by atoms with E-state index in [0.717, 1.165) is 24.4 Å². The van der Waals surface area contributed by atoms with Gasteiger partial charge in [-0.25, -0.2) is 4.98 Å². The molecule has 1 N–H and O–H groups in total. The number of hydrogen-bond acceptors (Lipinski definition) is 5. The summed E-state index contributed by atoms with van der Waals surface area (Å²) in [5, 5.41) is 12.1. The van der Waals surface area contributed by atoms with E-state index in [2.05, 4.69) is 10.3 Å². The van der Waals surface area contributed by atoms with Crippen LogP contribution in [0, 0.1) is 10.1 Å². The van der Waals surface area contributed by atoms with Crippen LogP contribution in [0.15, 0.2) is 30.5 Å². The Morgan fingerprint density at radius 1 is 1.33 bits per heavy atom. The predicted octanol–water partition coefficient (Wildman–Crippen LogP) is 3.32. The predicted molar refractivity (Wildman–Crippen MR) is 68.2 cm³/mol. The van der Waals surface area contributed by atoms with Gasteiger partial charge in [0.2, 0.25) is 0 Å². The number of carbonyl (C=O) groups excluding carboxylic acids is 1. The zero-order chi connectivity index (χ0) is 15.6. The van der Waals surface area contributed by atoms with Gasteiger partial charge in [0.05, 0.1) is 16.1 Å². The van der Waals surface area contributed by atoms with Gasteiger partial charge in [-0.15, -0.1) is 0 Å². The van der Waals surface area contributed by atoms with Gasteiger partial charge < -0.3 is 0 Å². The van der Waals surface area contributed by atoms with Crippen LogP contribution in [0.25, 0.3) is 0 Å². The molecule has 0 spiro atoms. The van der Waals surface area contributed by atoms with Gasteiger partial charge in [-0.05, 0) is 23.5 Å². The summed E-state index contributed by atoms with van der Waals surface area (Å²) in [6.07, 6.45) is -3.77. The van der Waals surface area contributed by atoms with E-state index in [1.165, 1.54) is 6.07 Å². The van der Waals surface area contributed by atoms with Gasteiger partial charge in [0.1, 0.15) is 6.20 Å². The smallest absolute Gasteiger partial charge is 0.298 e. The van der Waals surface area contributed by atoms with Gasteiger partial charge in [0.25, 0.3) is 5.91 Å². The van der Waals surface area contributed by atoms with E-state index in [0.29, 0.717) is 11.3 Å². The quantitative estimate of drug-likeness (QED) is 0.695. The maximum absolute atomic E-state index is 12.8. The largest absolute Gasteiger partial charge is 0.417 e. The van der Waals surface area contributed by atoms with Crippen molar-refractivity contribution < 1.29 is 22.9 Å². The lowest BCUT2D eigenvalue weighted by Gasteiger charge is -2.11. The van der Waals surface area contributed by atoms with Crippen LogP contribution in [0.4, 0.5) is 23.3 Å². The van der Waals surface area contributed by atoms with Gasteiger partial charge in [0, 0.05) is 0 Å². The summed E-state index contributed by atoms with van der Waals surface area (Å²) in [6.45, 7) is 0. The monoisotopic (exact) mass is 317 g/mol. The Morgan fingerprint density at radius 2 is 2.00 bits per heavy atom. The number of alkyl halides is 3. The SMILES string of the molecule is O=C(Nc1ncc([N+](=O)[O-])s1)c1ccccc1C(F)(F)F. The topological polar surface area (TPSA) is 85.1 Å². The number of anilines is 1. The van der Waals surface area contributed by atoms with E-state index in [9.17, 15) is 28.1 Å². The van der Waals surface area contributed by atoms with Gasteiger partial charge >= 0.3 is 11.2 Å². The molecular weight excluding hydrogens is 311 g/mol. The van der Waals surface area contributed by atoms with Crippen LogP contribution < -0.4 is 5.32 Å². The second kappa shape index (κ2) is 5.48. The van der Waals surface area contributed by atoms with Crippen molar-refractivity contribution >= 4 is 27.4 Å². The number of aromatic nitrogens is 1. The molecule has 0 saturated heterocycles. The Bertz CT molecular complexity index is 699. The number of benzene rings is 1. The summed E-state index contributed by atoms with van der Waals surface area (Å²) < 4.78 is 38.3. The fraction of sp³-hybridized carbons (Fsp3) is 0.0909. The lowest BCUT2D eigenvalue weighted by molar-refractivity contribution is -0.380. The first-order valence-corrected chi connectivity index (χ1v) is 6.18. The third-order valence-corrected chi connectivity index (χ3v) is 3.24. The number of nitrogens with zero attached hydrogens (tertiary/aromatic N) is 2. The first kappa shape index (κ1) is 14.9. The first-order chi connectivity index (χ1) is 9.79. The average Bonchev–Trinajstić information content (AvgIpc) is 2.86. The molecule has 2 aromatic rings. The highest BCUT2D eigenvalue weighted by molar-refractivity contribution is 7.18. The minimum atomic E-state index is -4.68. The van der Waals surface area contributed by atoms with Crippen LogP contribution in [-0.4, -0.2) is 15.8 Å². The van der Waals surface area contributed by atoms with Crippen LogP contribution in [-0.2, 0) is 6.18 Å². The van der Waals surface area contributed by atoms with Gasteiger partial charge in [-0.3, -0.25) is 20.2 Å².